The van der Waals surface area contributed by atoms with E-state index in [0.29, 0.717) is 13.1 Å². The Kier molecular flexibility index (Phi) is 5.98. The summed E-state index contributed by atoms with van der Waals surface area (Å²) >= 11 is 0. The van der Waals surface area contributed by atoms with Crippen molar-refractivity contribution in [1.29, 1.82) is 0 Å². The first-order chi connectivity index (χ1) is 6.66. The van der Waals surface area contributed by atoms with Crippen LogP contribution in [0.25, 0.3) is 0 Å². The zero-order valence-corrected chi connectivity index (χ0v) is 9.31. The van der Waals surface area contributed by atoms with Gasteiger partial charge in [0.2, 0.25) is 5.91 Å². The van der Waals surface area contributed by atoms with E-state index in [4.69, 9.17) is 5.73 Å². The zero-order chi connectivity index (χ0) is 11.0. The Morgan fingerprint density at radius 3 is 2.36 bits per heavy atom. The van der Waals surface area contributed by atoms with E-state index in [1.807, 2.05) is 13.8 Å². The van der Waals surface area contributed by atoms with Crippen molar-refractivity contribution in [2.45, 2.75) is 33.6 Å². The molecule has 0 aromatic heterocycles. The molecule has 3 nitrogen and oxygen atoms in total. The summed E-state index contributed by atoms with van der Waals surface area (Å²) in [7, 11) is 0. The van der Waals surface area contributed by atoms with Gasteiger partial charge >= 0.3 is 0 Å². The quantitative estimate of drug-likeness (QED) is 0.642. The predicted molar refractivity (Wildman–Crippen MR) is 58.5 cm³/mol. The van der Waals surface area contributed by atoms with Gasteiger partial charge in [0.25, 0.3) is 0 Å². The van der Waals surface area contributed by atoms with Gasteiger partial charge in [0, 0.05) is 6.54 Å². The second-order valence-electron chi connectivity index (χ2n) is 3.30. The largest absolute Gasteiger partial charge is 0.345 e. The summed E-state index contributed by atoms with van der Waals surface area (Å²) in [6, 6.07) is 0. The molecule has 0 bridgehead atoms. The van der Waals surface area contributed by atoms with Crippen LogP contribution in [0.15, 0.2) is 0 Å². The van der Waals surface area contributed by atoms with Gasteiger partial charge in [-0.3, -0.25) is 4.79 Å². The van der Waals surface area contributed by atoms with Gasteiger partial charge in [0.15, 0.2) is 0 Å². The lowest BCUT2D eigenvalue weighted by Gasteiger charge is -2.28. The van der Waals surface area contributed by atoms with Crippen LogP contribution in [0.1, 0.15) is 33.6 Å². The molecule has 0 fully saturated rings. The summed E-state index contributed by atoms with van der Waals surface area (Å²) in [5, 5.41) is 2.78. The average Bonchev–Trinajstić information content (AvgIpc) is 2.22. The summed E-state index contributed by atoms with van der Waals surface area (Å²) in [4.78, 5) is 11.8. The van der Waals surface area contributed by atoms with E-state index >= 15 is 0 Å². The normalized spacial score (nSPS) is 10.3. The molecular weight excluding hydrogens is 176 g/mol. The highest BCUT2D eigenvalue weighted by Gasteiger charge is 2.32. The first-order valence-corrected chi connectivity index (χ1v) is 5.04. The smallest absolute Gasteiger partial charge is 0.228 e. The summed E-state index contributed by atoms with van der Waals surface area (Å²) in [6.45, 7) is 6.54. The van der Waals surface area contributed by atoms with Crippen LogP contribution in [-0.2, 0) is 4.79 Å². The molecule has 0 aliphatic heterocycles. The van der Waals surface area contributed by atoms with E-state index in [9.17, 15) is 4.79 Å². The molecule has 0 aliphatic rings. The third kappa shape index (κ3) is 3.04. The second-order valence-corrected chi connectivity index (χ2v) is 3.30. The highest BCUT2D eigenvalue weighted by molar-refractivity contribution is 5.83. The predicted octanol–water partition coefficient (Wildman–Crippen LogP) is 0.891. The van der Waals surface area contributed by atoms with Crippen LogP contribution in [0.5, 0.6) is 0 Å². The van der Waals surface area contributed by atoms with E-state index in [0.717, 1.165) is 12.8 Å². The molecule has 0 unspecified atom stereocenters. The van der Waals surface area contributed by atoms with Crippen LogP contribution in [0.3, 0.4) is 0 Å². The number of amides is 1. The molecule has 0 aliphatic carbocycles. The minimum atomic E-state index is -0.407. The van der Waals surface area contributed by atoms with Gasteiger partial charge in [-0.25, -0.2) is 0 Å². The van der Waals surface area contributed by atoms with E-state index < -0.39 is 5.41 Å². The standard InChI is InChI=1S/C11H20N2O/c1-4-7-8-13-10(14)11(5-2,6-3)9-12/h5-6,8-9,12H2,1-3H3,(H,13,14). The Bertz CT molecular complexity index is 225. The number of nitrogens with one attached hydrogen (secondary N) is 1. The van der Waals surface area contributed by atoms with Gasteiger partial charge in [-0.15, -0.1) is 5.92 Å². The summed E-state index contributed by atoms with van der Waals surface area (Å²) < 4.78 is 0. The van der Waals surface area contributed by atoms with E-state index in [1.54, 1.807) is 6.92 Å². The number of nitrogens with two attached hydrogens (primary N) is 1. The minimum Gasteiger partial charge on any atom is -0.345 e. The first kappa shape index (κ1) is 13.0. The fourth-order valence-electron chi connectivity index (χ4n) is 1.35. The zero-order valence-electron chi connectivity index (χ0n) is 9.31. The third-order valence-electron chi connectivity index (χ3n) is 2.74. The summed E-state index contributed by atoms with van der Waals surface area (Å²) in [6.07, 6.45) is 1.54. The maximum Gasteiger partial charge on any atom is 0.228 e. The lowest BCUT2D eigenvalue weighted by Crippen LogP contribution is -2.45. The second kappa shape index (κ2) is 6.44. The van der Waals surface area contributed by atoms with Crippen molar-refractivity contribution in [2.75, 3.05) is 13.1 Å². The van der Waals surface area contributed by atoms with Crippen LogP contribution < -0.4 is 11.1 Å². The monoisotopic (exact) mass is 196 g/mol. The Hall–Kier alpha value is -1.01. The molecule has 1 amide bonds. The molecule has 0 heterocycles. The van der Waals surface area contributed by atoms with Gasteiger partial charge in [-0.1, -0.05) is 19.8 Å². The number of rotatable bonds is 5. The summed E-state index contributed by atoms with van der Waals surface area (Å²) in [5.41, 5.74) is 5.23. The molecular formula is C11H20N2O. The molecule has 0 saturated carbocycles. The minimum absolute atomic E-state index is 0.0211. The van der Waals surface area contributed by atoms with Crippen LogP contribution >= 0.6 is 0 Å². The van der Waals surface area contributed by atoms with Crippen molar-refractivity contribution in [3.05, 3.63) is 0 Å². The lowest BCUT2D eigenvalue weighted by molar-refractivity contribution is -0.130. The molecule has 0 aromatic carbocycles. The maximum absolute atomic E-state index is 11.8. The number of hydrogen-bond donors (Lipinski definition) is 2. The van der Waals surface area contributed by atoms with Gasteiger partial charge in [0.1, 0.15) is 0 Å². The lowest BCUT2D eigenvalue weighted by atomic mass is 9.81. The van der Waals surface area contributed by atoms with E-state index in [2.05, 4.69) is 17.2 Å². The van der Waals surface area contributed by atoms with Crippen LogP contribution in [-0.4, -0.2) is 19.0 Å². The molecule has 3 N–H and O–H groups in total. The Balaban J connectivity index is 4.34. The van der Waals surface area contributed by atoms with Crippen LogP contribution in [0.4, 0.5) is 0 Å². The van der Waals surface area contributed by atoms with Crippen molar-refractivity contribution < 1.29 is 4.79 Å². The Morgan fingerprint density at radius 1 is 1.43 bits per heavy atom. The van der Waals surface area contributed by atoms with Crippen molar-refractivity contribution in [3.63, 3.8) is 0 Å². The molecule has 0 rings (SSSR count). The number of carbonyl (C=O) groups excluding carboxylic acids is 1. The van der Waals surface area contributed by atoms with Crippen molar-refractivity contribution in [1.82, 2.24) is 5.32 Å². The maximum atomic E-state index is 11.8. The van der Waals surface area contributed by atoms with Gasteiger partial charge in [-0.05, 0) is 19.8 Å². The number of hydrogen-bond acceptors (Lipinski definition) is 2. The van der Waals surface area contributed by atoms with Crippen molar-refractivity contribution in [3.8, 4) is 11.8 Å². The Morgan fingerprint density at radius 2 is 2.00 bits per heavy atom. The fourth-order valence-corrected chi connectivity index (χ4v) is 1.35. The van der Waals surface area contributed by atoms with E-state index in [-0.39, 0.29) is 5.91 Å². The van der Waals surface area contributed by atoms with Gasteiger partial charge in [-0.2, -0.15) is 0 Å². The molecule has 0 spiro atoms. The average molecular weight is 196 g/mol. The Labute approximate surface area is 86.4 Å². The molecule has 0 atom stereocenters. The summed E-state index contributed by atoms with van der Waals surface area (Å²) in [5.74, 6) is 5.55. The SMILES string of the molecule is CC#CCNC(=O)C(CC)(CC)CN. The highest BCUT2D eigenvalue weighted by atomic mass is 16.2. The fraction of sp³-hybridized carbons (Fsp3) is 0.727. The molecule has 3 heteroatoms. The number of carbonyl (C=O) groups is 1. The topological polar surface area (TPSA) is 55.1 Å². The molecule has 80 valence electrons. The first-order valence-electron chi connectivity index (χ1n) is 5.04. The van der Waals surface area contributed by atoms with Gasteiger partial charge < -0.3 is 11.1 Å². The van der Waals surface area contributed by atoms with Crippen LogP contribution in [0, 0.1) is 17.3 Å². The molecule has 0 saturated heterocycles. The van der Waals surface area contributed by atoms with Crippen LogP contribution in [0.2, 0.25) is 0 Å². The molecule has 0 radical (unpaired) electrons. The molecule has 0 aromatic rings. The van der Waals surface area contributed by atoms with E-state index in [1.165, 1.54) is 0 Å². The van der Waals surface area contributed by atoms with Crippen molar-refractivity contribution >= 4 is 5.91 Å². The third-order valence-corrected chi connectivity index (χ3v) is 2.74. The highest BCUT2D eigenvalue weighted by Crippen LogP contribution is 2.24. The van der Waals surface area contributed by atoms with Crippen molar-refractivity contribution in [2.24, 2.45) is 11.1 Å². The molecule has 14 heavy (non-hydrogen) atoms. The van der Waals surface area contributed by atoms with Gasteiger partial charge in [0.05, 0.1) is 12.0 Å².